The first-order valence-corrected chi connectivity index (χ1v) is 9.10. The molecule has 0 heterocycles. The molecule has 0 saturated heterocycles. The van der Waals surface area contributed by atoms with E-state index >= 15 is 0 Å². The lowest BCUT2D eigenvalue weighted by molar-refractivity contribution is -0.146. The van der Waals surface area contributed by atoms with Crippen molar-refractivity contribution in [3.63, 3.8) is 0 Å². The van der Waals surface area contributed by atoms with Gasteiger partial charge in [0.15, 0.2) is 0 Å². The van der Waals surface area contributed by atoms with Crippen molar-refractivity contribution in [2.45, 2.75) is 96.9 Å². The molecule has 0 radical (unpaired) electrons. The summed E-state index contributed by atoms with van der Waals surface area (Å²) in [6.07, 6.45) is 15.1. The van der Waals surface area contributed by atoms with Crippen LogP contribution in [0.1, 0.15) is 90.9 Å². The molecule has 0 bridgehead atoms. The van der Waals surface area contributed by atoms with Gasteiger partial charge in [-0.15, -0.1) is 0 Å². The molecule has 0 spiro atoms. The van der Waals surface area contributed by atoms with Crippen LogP contribution < -0.4 is 5.32 Å². The zero-order valence-corrected chi connectivity index (χ0v) is 14.6. The summed E-state index contributed by atoms with van der Waals surface area (Å²) in [6, 6.07) is -0.120. The normalized spacial score (nSPS) is 12.3. The van der Waals surface area contributed by atoms with E-state index in [1.165, 1.54) is 57.8 Å². The van der Waals surface area contributed by atoms with Gasteiger partial charge in [0, 0.05) is 0 Å². The first kappa shape index (κ1) is 20.4. The molecule has 0 fully saturated rings. The number of hydrogen-bond donors (Lipinski definition) is 1. The van der Waals surface area contributed by atoms with Crippen LogP contribution in [0, 0.1) is 0 Å². The number of rotatable bonds is 15. The highest BCUT2D eigenvalue weighted by atomic mass is 16.5. The minimum atomic E-state index is -0.120. The van der Waals surface area contributed by atoms with Gasteiger partial charge in [-0.05, 0) is 19.9 Å². The van der Waals surface area contributed by atoms with Gasteiger partial charge >= 0.3 is 5.97 Å². The second-order valence-corrected chi connectivity index (χ2v) is 5.98. The Morgan fingerprint density at radius 1 is 0.857 bits per heavy atom. The van der Waals surface area contributed by atoms with Gasteiger partial charge in [0.2, 0.25) is 0 Å². The zero-order valence-electron chi connectivity index (χ0n) is 14.6. The molecule has 1 unspecified atom stereocenters. The summed E-state index contributed by atoms with van der Waals surface area (Å²) in [5.74, 6) is -0.0877. The molecule has 0 amide bonds. The Morgan fingerprint density at radius 3 is 1.86 bits per heavy atom. The van der Waals surface area contributed by atoms with Crippen LogP contribution >= 0.6 is 0 Å². The van der Waals surface area contributed by atoms with Crippen molar-refractivity contribution < 1.29 is 9.53 Å². The third kappa shape index (κ3) is 12.9. The van der Waals surface area contributed by atoms with Gasteiger partial charge in [-0.1, -0.05) is 78.1 Å². The standard InChI is InChI=1S/C18H37NO2/c1-4-6-7-8-9-10-11-12-13-14-15-17(19-3)18(20)21-16-5-2/h17,19H,4-16H2,1-3H3. The zero-order chi connectivity index (χ0) is 15.8. The molecule has 0 aliphatic heterocycles. The first-order chi connectivity index (χ1) is 10.3. The molecule has 1 atom stereocenters. The smallest absolute Gasteiger partial charge is 0.323 e. The fourth-order valence-electron chi connectivity index (χ4n) is 2.52. The van der Waals surface area contributed by atoms with E-state index in [1.54, 1.807) is 0 Å². The predicted octanol–water partition coefficient (Wildman–Crippen LogP) is 4.84. The summed E-state index contributed by atoms with van der Waals surface area (Å²) in [5, 5.41) is 3.07. The number of esters is 1. The lowest BCUT2D eigenvalue weighted by atomic mass is 10.0. The first-order valence-electron chi connectivity index (χ1n) is 9.10. The molecule has 0 aromatic rings. The lowest BCUT2D eigenvalue weighted by Gasteiger charge is -2.14. The Morgan fingerprint density at radius 2 is 1.38 bits per heavy atom. The van der Waals surface area contributed by atoms with Gasteiger partial charge in [-0.2, -0.15) is 0 Å². The van der Waals surface area contributed by atoms with Crippen molar-refractivity contribution in [1.82, 2.24) is 5.32 Å². The van der Waals surface area contributed by atoms with Crippen molar-refractivity contribution in [3.05, 3.63) is 0 Å². The van der Waals surface area contributed by atoms with Crippen LogP contribution in [-0.2, 0) is 9.53 Å². The summed E-state index contributed by atoms with van der Waals surface area (Å²) in [7, 11) is 1.84. The molecule has 0 rings (SSSR count). The van der Waals surface area contributed by atoms with Gasteiger partial charge in [0.25, 0.3) is 0 Å². The van der Waals surface area contributed by atoms with Crippen LogP contribution in [0.25, 0.3) is 0 Å². The van der Waals surface area contributed by atoms with E-state index in [0.29, 0.717) is 6.61 Å². The number of nitrogens with one attached hydrogen (secondary N) is 1. The Hall–Kier alpha value is -0.570. The molecule has 3 heteroatoms. The van der Waals surface area contributed by atoms with Crippen molar-refractivity contribution >= 4 is 5.97 Å². The summed E-state index contributed by atoms with van der Waals surface area (Å²) >= 11 is 0. The number of hydrogen-bond acceptors (Lipinski definition) is 3. The summed E-state index contributed by atoms with van der Waals surface area (Å²) < 4.78 is 5.19. The van der Waals surface area contributed by atoms with Crippen LogP contribution in [-0.4, -0.2) is 25.7 Å². The van der Waals surface area contributed by atoms with Crippen molar-refractivity contribution in [3.8, 4) is 0 Å². The average Bonchev–Trinajstić information content (AvgIpc) is 2.50. The molecule has 126 valence electrons. The fourth-order valence-corrected chi connectivity index (χ4v) is 2.52. The van der Waals surface area contributed by atoms with E-state index in [4.69, 9.17) is 4.74 Å². The Kier molecular flexibility index (Phi) is 15.4. The third-order valence-corrected chi connectivity index (χ3v) is 3.93. The second-order valence-electron chi connectivity index (χ2n) is 5.98. The van der Waals surface area contributed by atoms with Crippen LogP contribution in [0.5, 0.6) is 0 Å². The largest absolute Gasteiger partial charge is 0.465 e. The highest BCUT2D eigenvalue weighted by Crippen LogP contribution is 2.12. The second kappa shape index (κ2) is 15.8. The van der Waals surface area contributed by atoms with Crippen LogP contribution in [0.15, 0.2) is 0 Å². The van der Waals surface area contributed by atoms with Crippen LogP contribution in [0.3, 0.4) is 0 Å². The Labute approximate surface area is 132 Å². The molecule has 0 aromatic carbocycles. The van der Waals surface area contributed by atoms with Crippen LogP contribution in [0.4, 0.5) is 0 Å². The van der Waals surface area contributed by atoms with E-state index in [1.807, 2.05) is 14.0 Å². The van der Waals surface area contributed by atoms with Gasteiger partial charge < -0.3 is 10.1 Å². The minimum absolute atomic E-state index is 0.0877. The maximum atomic E-state index is 11.7. The predicted molar refractivity (Wildman–Crippen MR) is 90.6 cm³/mol. The SMILES string of the molecule is CCCCCCCCCCCCC(NC)C(=O)OCCC. The summed E-state index contributed by atoms with van der Waals surface area (Å²) in [4.78, 5) is 11.7. The number of unbranched alkanes of at least 4 members (excludes halogenated alkanes) is 9. The fraction of sp³-hybridized carbons (Fsp3) is 0.944. The molecular formula is C18H37NO2. The molecule has 0 aliphatic carbocycles. The maximum Gasteiger partial charge on any atom is 0.323 e. The summed E-state index contributed by atoms with van der Waals surface area (Å²) in [6.45, 7) is 4.81. The Balaban J connectivity index is 3.41. The third-order valence-electron chi connectivity index (χ3n) is 3.93. The van der Waals surface area contributed by atoms with Crippen molar-refractivity contribution in [1.29, 1.82) is 0 Å². The molecule has 0 saturated carbocycles. The van der Waals surface area contributed by atoms with E-state index in [0.717, 1.165) is 19.3 Å². The minimum Gasteiger partial charge on any atom is -0.465 e. The van der Waals surface area contributed by atoms with E-state index < -0.39 is 0 Å². The number of likely N-dealkylation sites (N-methyl/N-ethyl adjacent to an activating group) is 1. The molecule has 3 nitrogen and oxygen atoms in total. The van der Waals surface area contributed by atoms with Gasteiger partial charge in [0.1, 0.15) is 6.04 Å². The molecule has 1 N–H and O–H groups in total. The van der Waals surface area contributed by atoms with Gasteiger partial charge in [-0.25, -0.2) is 0 Å². The highest BCUT2D eigenvalue weighted by Gasteiger charge is 2.16. The number of ether oxygens (including phenoxy) is 1. The topological polar surface area (TPSA) is 38.3 Å². The van der Waals surface area contributed by atoms with Crippen molar-refractivity contribution in [2.75, 3.05) is 13.7 Å². The highest BCUT2D eigenvalue weighted by molar-refractivity contribution is 5.75. The molecule has 21 heavy (non-hydrogen) atoms. The van der Waals surface area contributed by atoms with Crippen molar-refractivity contribution in [2.24, 2.45) is 0 Å². The Bertz CT molecular complexity index is 231. The van der Waals surface area contributed by atoms with Gasteiger partial charge in [-0.3, -0.25) is 4.79 Å². The molecule has 0 aliphatic rings. The van der Waals surface area contributed by atoms with Gasteiger partial charge in [0.05, 0.1) is 6.61 Å². The number of carbonyl (C=O) groups excluding carboxylic acids is 1. The van der Waals surface area contributed by atoms with Crippen LogP contribution in [0.2, 0.25) is 0 Å². The lowest BCUT2D eigenvalue weighted by Crippen LogP contribution is -2.35. The summed E-state index contributed by atoms with van der Waals surface area (Å²) in [5.41, 5.74) is 0. The average molecular weight is 299 g/mol. The molecule has 0 aromatic heterocycles. The monoisotopic (exact) mass is 299 g/mol. The van der Waals surface area contributed by atoms with E-state index in [9.17, 15) is 4.79 Å². The van der Waals surface area contributed by atoms with E-state index in [2.05, 4.69) is 12.2 Å². The maximum absolute atomic E-state index is 11.7. The quantitative estimate of drug-likeness (QED) is 0.347. The van der Waals surface area contributed by atoms with E-state index in [-0.39, 0.29) is 12.0 Å². The molecular weight excluding hydrogens is 262 g/mol. The number of carbonyl (C=O) groups is 1.